The lowest BCUT2D eigenvalue weighted by Crippen LogP contribution is -2.21. The van der Waals surface area contributed by atoms with Crippen LogP contribution in [0.1, 0.15) is 37.8 Å². The minimum absolute atomic E-state index is 0.588. The van der Waals surface area contributed by atoms with Crippen molar-refractivity contribution in [1.29, 1.82) is 0 Å². The highest BCUT2D eigenvalue weighted by Gasteiger charge is 2.15. The van der Waals surface area contributed by atoms with E-state index in [0.29, 0.717) is 6.04 Å². The highest BCUT2D eigenvalue weighted by atomic mass is 32.2. The molecule has 0 saturated heterocycles. The number of pyridine rings is 1. The number of hydrogen-bond donors (Lipinski definition) is 1. The molecule has 0 unspecified atom stereocenters. The molecular weight excluding hydrogens is 288 g/mol. The second-order valence-corrected chi connectivity index (χ2v) is 7.16. The van der Waals surface area contributed by atoms with Crippen molar-refractivity contribution in [2.75, 3.05) is 5.32 Å². The van der Waals surface area contributed by atoms with Crippen LogP contribution in [0.3, 0.4) is 0 Å². The molecule has 2 heterocycles. The molecule has 2 aromatic rings. The van der Waals surface area contributed by atoms with Crippen molar-refractivity contribution < 1.29 is 0 Å². The van der Waals surface area contributed by atoms with Gasteiger partial charge in [0.15, 0.2) is 4.34 Å². The van der Waals surface area contributed by atoms with Gasteiger partial charge in [0.25, 0.3) is 0 Å². The number of thioether (sulfide) groups is 1. The fourth-order valence-electron chi connectivity index (χ4n) is 2.37. The lowest BCUT2D eigenvalue weighted by molar-refractivity contribution is 0.462. The molecule has 0 bridgehead atoms. The third-order valence-corrected chi connectivity index (χ3v) is 5.43. The first kappa shape index (κ1) is 13.8. The van der Waals surface area contributed by atoms with Gasteiger partial charge in [-0.25, -0.2) is 0 Å². The van der Waals surface area contributed by atoms with E-state index < -0.39 is 0 Å². The number of nitrogens with one attached hydrogen (secondary N) is 1. The van der Waals surface area contributed by atoms with Gasteiger partial charge in [0.05, 0.1) is 5.69 Å². The van der Waals surface area contributed by atoms with E-state index in [1.165, 1.54) is 32.1 Å². The van der Waals surface area contributed by atoms with Crippen LogP contribution < -0.4 is 5.32 Å². The highest BCUT2D eigenvalue weighted by Crippen LogP contribution is 2.29. The van der Waals surface area contributed by atoms with Crippen molar-refractivity contribution in [2.24, 2.45) is 0 Å². The largest absolute Gasteiger partial charge is 0.357 e. The Hall–Kier alpha value is -1.14. The van der Waals surface area contributed by atoms with Gasteiger partial charge in [0.1, 0.15) is 0 Å². The van der Waals surface area contributed by atoms with Crippen molar-refractivity contribution >= 4 is 28.2 Å². The van der Waals surface area contributed by atoms with Crippen LogP contribution in [0.4, 0.5) is 5.13 Å². The molecule has 0 atom stereocenters. The van der Waals surface area contributed by atoms with Gasteiger partial charge in [-0.05, 0) is 25.0 Å². The normalized spacial score (nSPS) is 16.2. The van der Waals surface area contributed by atoms with E-state index in [1.807, 2.05) is 24.4 Å². The summed E-state index contributed by atoms with van der Waals surface area (Å²) in [7, 11) is 0. The molecule has 0 spiro atoms. The smallest absolute Gasteiger partial charge is 0.206 e. The maximum atomic E-state index is 4.31. The van der Waals surface area contributed by atoms with Crippen LogP contribution in [0, 0.1) is 0 Å². The predicted octanol–water partition coefficient (Wildman–Crippen LogP) is 3.97. The fraction of sp³-hybridized carbons (Fsp3) is 0.500. The van der Waals surface area contributed by atoms with E-state index >= 15 is 0 Å². The van der Waals surface area contributed by atoms with Crippen LogP contribution in [0.2, 0.25) is 0 Å². The average molecular weight is 306 g/mol. The van der Waals surface area contributed by atoms with Gasteiger partial charge in [-0.15, -0.1) is 10.2 Å². The number of hydrogen-bond acceptors (Lipinski definition) is 6. The van der Waals surface area contributed by atoms with Crippen molar-refractivity contribution in [3.8, 4) is 0 Å². The number of nitrogens with zero attached hydrogens (tertiary/aromatic N) is 3. The van der Waals surface area contributed by atoms with E-state index in [0.717, 1.165) is 20.9 Å². The lowest BCUT2D eigenvalue weighted by Gasteiger charge is -2.21. The van der Waals surface area contributed by atoms with Crippen LogP contribution >= 0.6 is 23.1 Å². The molecule has 6 heteroatoms. The summed E-state index contributed by atoms with van der Waals surface area (Å²) in [5.41, 5.74) is 1.08. The van der Waals surface area contributed by atoms with E-state index in [1.54, 1.807) is 23.1 Å². The Labute approximate surface area is 127 Å². The summed E-state index contributed by atoms with van der Waals surface area (Å²) in [4.78, 5) is 4.31. The van der Waals surface area contributed by atoms with Gasteiger partial charge >= 0.3 is 0 Å². The van der Waals surface area contributed by atoms with Crippen LogP contribution in [0.25, 0.3) is 0 Å². The molecule has 4 nitrogen and oxygen atoms in total. The minimum Gasteiger partial charge on any atom is -0.357 e. The molecule has 20 heavy (non-hydrogen) atoms. The quantitative estimate of drug-likeness (QED) is 0.847. The number of anilines is 1. The predicted molar refractivity (Wildman–Crippen MR) is 84.2 cm³/mol. The van der Waals surface area contributed by atoms with E-state index in [9.17, 15) is 0 Å². The molecule has 1 fully saturated rings. The van der Waals surface area contributed by atoms with Gasteiger partial charge < -0.3 is 5.32 Å². The zero-order valence-electron chi connectivity index (χ0n) is 11.3. The molecule has 0 radical (unpaired) electrons. The van der Waals surface area contributed by atoms with Gasteiger partial charge in [-0.3, -0.25) is 4.98 Å². The summed E-state index contributed by atoms with van der Waals surface area (Å²) < 4.78 is 1.01. The molecule has 0 aromatic carbocycles. The first-order valence-electron chi connectivity index (χ1n) is 7.03. The Bertz CT molecular complexity index is 523. The Morgan fingerprint density at radius 1 is 1.20 bits per heavy atom. The summed E-state index contributed by atoms with van der Waals surface area (Å²) in [5, 5.41) is 13.0. The van der Waals surface area contributed by atoms with Crippen molar-refractivity contribution in [3.63, 3.8) is 0 Å². The molecule has 1 aliphatic carbocycles. The van der Waals surface area contributed by atoms with Crippen LogP contribution in [-0.2, 0) is 5.75 Å². The topological polar surface area (TPSA) is 50.7 Å². The van der Waals surface area contributed by atoms with Crippen molar-refractivity contribution in [2.45, 2.75) is 48.2 Å². The van der Waals surface area contributed by atoms with E-state index in [4.69, 9.17) is 0 Å². The summed E-state index contributed by atoms with van der Waals surface area (Å²) >= 11 is 3.35. The van der Waals surface area contributed by atoms with Gasteiger partial charge in [-0.2, -0.15) is 0 Å². The molecule has 0 aliphatic heterocycles. The maximum Gasteiger partial charge on any atom is 0.206 e. The average Bonchev–Trinajstić information content (AvgIpc) is 2.95. The third kappa shape index (κ3) is 3.93. The molecule has 3 rings (SSSR count). The van der Waals surface area contributed by atoms with Crippen LogP contribution in [-0.4, -0.2) is 21.2 Å². The number of aromatic nitrogens is 3. The van der Waals surface area contributed by atoms with Gasteiger partial charge in [0, 0.05) is 18.0 Å². The first-order valence-corrected chi connectivity index (χ1v) is 8.83. The summed E-state index contributed by atoms with van der Waals surface area (Å²) in [6, 6.07) is 6.57. The second kappa shape index (κ2) is 7.04. The second-order valence-electron chi connectivity index (χ2n) is 4.96. The minimum atomic E-state index is 0.588. The third-order valence-electron chi connectivity index (χ3n) is 3.41. The molecule has 0 amide bonds. The fourth-order valence-corrected chi connectivity index (χ4v) is 4.11. The van der Waals surface area contributed by atoms with Gasteiger partial charge in [0.2, 0.25) is 5.13 Å². The first-order chi connectivity index (χ1) is 9.90. The molecule has 1 saturated carbocycles. The van der Waals surface area contributed by atoms with Crippen LogP contribution in [0.15, 0.2) is 28.7 Å². The Morgan fingerprint density at radius 2 is 2.10 bits per heavy atom. The number of rotatable bonds is 5. The summed E-state index contributed by atoms with van der Waals surface area (Å²) in [5.74, 6) is 0.846. The highest BCUT2D eigenvalue weighted by molar-refractivity contribution is 8.00. The molecule has 1 N–H and O–H groups in total. The Balaban J connectivity index is 1.51. The maximum absolute atomic E-state index is 4.31. The van der Waals surface area contributed by atoms with E-state index in [-0.39, 0.29) is 0 Å². The Morgan fingerprint density at radius 3 is 2.90 bits per heavy atom. The van der Waals surface area contributed by atoms with E-state index in [2.05, 4.69) is 20.5 Å². The zero-order valence-corrected chi connectivity index (χ0v) is 12.9. The standard InChI is InChI=1S/C14H18N4S2/c1-2-6-11(7-3-1)16-13-17-18-14(20-13)19-10-12-8-4-5-9-15-12/h4-5,8-9,11H,1-3,6-7,10H2,(H,16,17). The zero-order chi connectivity index (χ0) is 13.6. The monoisotopic (exact) mass is 306 g/mol. The van der Waals surface area contributed by atoms with Crippen molar-refractivity contribution in [1.82, 2.24) is 15.2 Å². The molecular formula is C14H18N4S2. The molecule has 2 aromatic heterocycles. The van der Waals surface area contributed by atoms with Crippen molar-refractivity contribution in [3.05, 3.63) is 30.1 Å². The summed E-state index contributed by atoms with van der Waals surface area (Å²) in [6.45, 7) is 0. The molecule has 106 valence electrons. The Kier molecular flexibility index (Phi) is 4.86. The lowest BCUT2D eigenvalue weighted by atomic mass is 9.96. The molecule has 1 aliphatic rings. The SMILES string of the molecule is c1ccc(CSc2nnc(NC3CCCCC3)s2)nc1. The summed E-state index contributed by atoms with van der Waals surface area (Å²) in [6.07, 6.45) is 8.38. The van der Waals surface area contributed by atoms with Gasteiger partial charge in [-0.1, -0.05) is 48.4 Å². The van der Waals surface area contributed by atoms with Crippen LogP contribution in [0.5, 0.6) is 0 Å².